The van der Waals surface area contributed by atoms with Crippen molar-refractivity contribution >= 4 is 23.6 Å². The van der Waals surface area contributed by atoms with Crippen LogP contribution in [0.15, 0.2) is 30.0 Å². The van der Waals surface area contributed by atoms with Gasteiger partial charge in [0.1, 0.15) is 0 Å². The Balaban J connectivity index is 3.43. The molecule has 2 amide bonds. The van der Waals surface area contributed by atoms with Crippen molar-refractivity contribution in [3.8, 4) is 5.75 Å². The Morgan fingerprint density at radius 2 is 1.27 bits per heavy atom. The van der Waals surface area contributed by atoms with Crippen LogP contribution in [0.3, 0.4) is 0 Å². The molecule has 0 bridgehead atoms. The van der Waals surface area contributed by atoms with Gasteiger partial charge in [-0.25, -0.2) is 9.59 Å². The van der Waals surface area contributed by atoms with Crippen LogP contribution in [0.2, 0.25) is 0 Å². The summed E-state index contributed by atoms with van der Waals surface area (Å²) < 4.78 is 159. The van der Waals surface area contributed by atoms with E-state index in [2.05, 4.69) is 4.74 Å². The third kappa shape index (κ3) is 8.27. The second kappa shape index (κ2) is 13.7. The lowest BCUT2D eigenvalue weighted by atomic mass is 10.0. The molecule has 0 saturated carbocycles. The van der Waals surface area contributed by atoms with Gasteiger partial charge in [-0.15, -0.1) is 0 Å². The van der Waals surface area contributed by atoms with Gasteiger partial charge in [0.2, 0.25) is 5.83 Å². The highest BCUT2D eigenvalue weighted by atomic mass is 19.4. The molecular weight excluding hydrogens is 581 g/mol. The summed E-state index contributed by atoms with van der Waals surface area (Å²) >= 11 is 0. The molecule has 0 aromatic heterocycles. The zero-order chi connectivity index (χ0) is 30.9. The van der Waals surface area contributed by atoms with Crippen molar-refractivity contribution in [1.82, 2.24) is 0 Å². The summed E-state index contributed by atoms with van der Waals surface area (Å²) in [5.74, 6) is -27.4. The molecule has 1 rings (SSSR count). The second-order valence-electron chi connectivity index (χ2n) is 7.85. The van der Waals surface area contributed by atoms with Crippen molar-refractivity contribution in [3.63, 3.8) is 0 Å². The summed E-state index contributed by atoms with van der Waals surface area (Å²) in [6, 6.07) is -1.06. The van der Waals surface area contributed by atoms with Gasteiger partial charge in [0.05, 0.1) is 18.9 Å². The fraction of sp³-hybridized carbons (Fsp3) is 0.545. The minimum atomic E-state index is -7.52. The first kappa shape index (κ1) is 34.6. The normalized spacial score (nSPS) is 13.3. The molecule has 0 unspecified atom stereocenters. The van der Waals surface area contributed by atoms with Crippen LogP contribution in [0, 0.1) is 0 Å². The molecule has 0 saturated heterocycles. The number of carbonyl (C=O) groups excluding carboxylic acids is 2. The summed E-state index contributed by atoms with van der Waals surface area (Å²) in [6.45, 7) is 3.32. The molecule has 0 spiro atoms. The van der Waals surface area contributed by atoms with Gasteiger partial charge in [-0.1, -0.05) is 26.7 Å². The van der Waals surface area contributed by atoms with E-state index in [-0.39, 0.29) is 13.2 Å². The number of allylic oxidation sites excluding steroid dienone is 1. The summed E-state index contributed by atoms with van der Waals surface area (Å²) in [4.78, 5) is 23.7. The molecular formula is C22H23F11N2O5. The highest BCUT2D eigenvalue weighted by Gasteiger charge is 2.83. The van der Waals surface area contributed by atoms with E-state index < -0.39 is 65.1 Å². The van der Waals surface area contributed by atoms with E-state index in [0.717, 1.165) is 12.1 Å². The van der Waals surface area contributed by atoms with Crippen molar-refractivity contribution < 1.29 is 72.1 Å². The molecule has 1 aromatic carbocycles. The molecule has 0 radical (unpaired) electrons. The zero-order valence-corrected chi connectivity index (χ0v) is 20.7. The zero-order valence-electron chi connectivity index (χ0n) is 20.7. The Bertz CT molecular complexity index is 1060. The number of rotatable bonds is 13. The third-order valence-electron chi connectivity index (χ3n) is 4.72. The van der Waals surface area contributed by atoms with Gasteiger partial charge in [-0.2, -0.15) is 48.3 Å². The number of anilines is 2. The monoisotopic (exact) mass is 604 g/mol. The lowest BCUT2D eigenvalue weighted by Gasteiger charge is -2.32. The number of hydrogen-bond acceptors (Lipinski definition) is 5. The first-order valence-corrected chi connectivity index (χ1v) is 11.3. The van der Waals surface area contributed by atoms with Gasteiger partial charge < -0.3 is 14.2 Å². The van der Waals surface area contributed by atoms with E-state index in [1.165, 1.54) is 0 Å². The van der Waals surface area contributed by atoms with E-state index in [9.17, 15) is 57.9 Å². The molecule has 1 aromatic rings. The molecule has 40 heavy (non-hydrogen) atoms. The van der Waals surface area contributed by atoms with Crippen molar-refractivity contribution in [2.24, 2.45) is 0 Å². The fourth-order valence-electron chi connectivity index (χ4n) is 2.48. The number of hydrogen-bond donors (Lipinski definition) is 2. The molecule has 2 N–H and O–H groups in total. The fourth-order valence-corrected chi connectivity index (χ4v) is 2.48. The van der Waals surface area contributed by atoms with Crippen molar-refractivity contribution in [2.75, 3.05) is 23.8 Å². The van der Waals surface area contributed by atoms with E-state index >= 15 is 0 Å². The maximum Gasteiger partial charge on any atom is 0.460 e. The number of ether oxygens (including phenoxy) is 3. The minimum Gasteiger partial charge on any atom is -0.449 e. The Kier molecular flexibility index (Phi) is 11.9. The van der Waals surface area contributed by atoms with Crippen LogP contribution in [0.25, 0.3) is 0 Å². The highest BCUT2D eigenvalue weighted by molar-refractivity contribution is 5.89. The average Bonchev–Trinajstić information content (AvgIpc) is 2.84. The van der Waals surface area contributed by atoms with Crippen LogP contribution in [0.4, 0.5) is 69.3 Å². The number of carbonyl (C=O) groups is 2. The largest absolute Gasteiger partial charge is 0.460 e. The summed E-state index contributed by atoms with van der Waals surface area (Å²) in [5.41, 5.74) is -1.11. The van der Waals surface area contributed by atoms with Gasteiger partial charge >= 0.3 is 42.1 Å². The summed E-state index contributed by atoms with van der Waals surface area (Å²) in [5, 5.41) is 3.95. The predicted octanol–water partition coefficient (Wildman–Crippen LogP) is 8.34. The Morgan fingerprint density at radius 1 is 0.775 bits per heavy atom. The van der Waals surface area contributed by atoms with E-state index in [1.807, 2.05) is 10.6 Å². The topological polar surface area (TPSA) is 85.9 Å². The van der Waals surface area contributed by atoms with E-state index in [4.69, 9.17) is 9.47 Å². The van der Waals surface area contributed by atoms with Gasteiger partial charge in [0.15, 0.2) is 5.75 Å². The standard InChI is InChI=1S/C22H23F11N2O5/c1-3-5-9-38-17(36)34-12-7-8-13(35-18(37)39-10-6-4-2)14(11-12)40-16(24)15(23)19(25,26)20(27,28)21(29,30)22(31,32)33/h7-8,11H,3-6,9-10H2,1-2H3,(H,34,36)(H,35,37). The molecule has 0 heterocycles. The molecule has 0 fully saturated rings. The third-order valence-corrected chi connectivity index (χ3v) is 4.72. The van der Waals surface area contributed by atoms with Crippen LogP contribution in [-0.4, -0.2) is 49.3 Å². The van der Waals surface area contributed by atoms with Crippen LogP contribution in [0.5, 0.6) is 5.75 Å². The maximum atomic E-state index is 14.2. The SMILES string of the molecule is CCCCOC(=O)Nc1ccc(NC(=O)OCCCC)c(OC(F)=C(F)C(F)(F)C(F)(F)C(F)(F)C(F)(F)F)c1. The van der Waals surface area contributed by atoms with Gasteiger partial charge in [0.25, 0.3) is 0 Å². The number of nitrogens with one attached hydrogen (secondary N) is 2. The first-order chi connectivity index (χ1) is 18.3. The number of benzene rings is 1. The van der Waals surface area contributed by atoms with Crippen LogP contribution in [0.1, 0.15) is 39.5 Å². The lowest BCUT2D eigenvalue weighted by molar-refractivity contribution is -0.392. The van der Waals surface area contributed by atoms with Crippen molar-refractivity contribution in [1.29, 1.82) is 0 Å². The Hall–Kier alpha value is -3.47. The van der Waals surface area contributed by atoms with Crippen LogP contribution >= 0.6 is 0 Å². The molecule has 7 nitrogen and oxygen atoms in total. The summed E-state index contributed by atoms with van der Waals surface area (Å²) in [6.07, 6.45) is -7.60. The number of alkyl halides is 9. The van der Waals surface area contributed by atoms with Crippen LogP contribution < -0.4 is 15.4 Å². The smallest absolute Gasteiger partial charge is 0.449 e. The molecule has 228 valence electrons. The summed E-state index contributed by atoms with van der Waals surface area (Å²) in [7, 11) is 0. The van der Waals surface area contributed by atoms with Gasteiger partial charge in [-0.05, 0) is 25.0 Å². The van der Waals surface area contributed by atoms with E-state index in [1.54, 1.807) is 13.8 Å². The predicted molar refractivity (Wildman–Crippen MR) is 117 cm³/mol. The van der Waals surface area contributed by atoms with Gasteiger partial charge in [0, 0.05) is 11.8 Å². The van der Waals surface area contributed by atoms with E-state index in [0.29, 0.717) is 31.7 Å². The Labute approximate surface area is 219 Å². The Morgan fingerprint density at radius 3 is 1.75 bits per heavy atom. The number of amides is 2. The average molecular weight is 604 g/mol. The molecule has 0 aliphatic heterocycles. The van der Waals surface area contributed by atoms with Crippen molar-refractivity contribution in [3.05, 3.63) is 30.0 Å². The molecule has 18 heteroatoms. The highest BCUT2D eigenvalue weighted by Crippen LogP contribution is 2.56. The molecule has 0 aliphatic rings. The minimum absolute atomic E-state index is 0.0522. The lowest BCUT2D eigenvalue weighted by Crippen LogP contribution is -2.61. The number of halogens is 11. The maximum absolute atomic E-state index is 14.2. The van der Waals surface area contributed by atoms with Gasteiger partial charge in [-0.3, -0.25) is 10.6 Å². The van der Waals surface area contributed by atoms with Crippen LogP contribution in [-0.2, 0) is 9.47 Å². The number of unbranched alkanes of at least 4 members (excludes halogenated alkanes) is 2. The first-order valence-electron chi connectivity index (χ1n) is 11.3. The quantitative estimate of drug-likeness (QED) is 0.134. The molecule has 0 atom stereocenters. The molecule has 0 aliphatic carbocycles. The van der Waals surface area contributed by atoms with Crippen molar-refractivity contribution in [2.45, 2.75) is 63.5 Å². The second-order valence-corrected chi connectivity index (χ2v) is 7.85.